The summed E-state index contributed by atoms with van der Waals surface area (Å²) in [5, 5.41) is 9.14. The Morgan fingerprint density at radius 3 is 3.00 bits per heavy atom. The molecule has 0 aliphatic heterocycles. The smallest absolute Gasteiger partial charge is 0.159 e. The number of nitrogens with zero attached hydrogens (tertiary/aromatic N) is 3. The molecular weight excluding hydrogens is 253 g/mol. The van der Waals surface area contributed by atoms with Crippen LogP contribution >= 0.6 is 27.5 Å². The maximum atomic E-state index is 8.62. The lowest BCUT2D eigenvalue weighted by atomic mass is 10.5. The molecule has 13 heavy (non-hydrogen) atoms. The Morgan fingerprint density at radius 2 is 2.31 bits per heavy atom. The van der Waals surface area contributed by atoms with E-state index in [0.29, 0.717) is 16.4 Å². The standard InChI is InChI=1S/C8H3BrClN3/c9-5-1-7(10)8-12-6(2-11)4-13(8)3-5/h1,3-4H. The summed E-state index contributed by atoms with van der Waals surface area (Å²) in [7, 11) is 0. The summed E-state index contributed by atoms with van der Waals surface area (Å²) in [4.78, 5) is 4.02. The summed E-state index contributed by atoms with van der Waals surface area (Å²) >= 11 is 9.21. The molecule has 3 nitrogen and oxygen atoms in total. The van der Waals surface area contributed by atoms with Crippen molar-refractivity contribution < 1.29 is 0 Å². The van der Waals surface area contributed by atoms with Crippen LogP contribution in [0, 0.1) is 11.3 Å². The van der Waals surface area contributed by atoms with E-state index in [1.54, 1.807) is 22.9 Å². The van der Waals surface area contributed by atoms with Gasteiger partial charge < -0.3 is 4.40 Å². The molecule has 0 unspecified atom stereocenters. The number of pyridine rings is 1. The summed E-state index contributed by atoms with van der Waals surface area (Å²) in [6, 6.07) is 3.70. The Labute approximate surface area is 87.7 Å². The van der Waals surface area contributed by atoms with Crippen LogP contribution < -0.4 is 0 Å². The van der Waals surface area contributed by atoms with Crippen molar-refractivity contribution in [3.8, 4) is 6.07 Å². The first-order valence-corrected chi connectivity index (χ1v) is 4.61. The molecule has 64 valence electrons. The van der Waals surface area contributed by atoms with Gasteiger partial charge in [0, 0.05) is 16.9 Å². The molecule has 0 bridgehead atoms. The fraction of sp³-hybridized carbons (Fsp3) is 0. The van der Waals surface area contributed by atoms with E-state index >= 15 is 0 Å². The lowest BCUT2D eigenvalue weighted by Gasteiger charge is -1.95. The molecule has 2 aromatic heterocycles. The van der Waals surface area contributed by atoms with Crippen molar-refractivity contribution in [1.29, 1.82) is 5.26 Å². The van der Waals surface area contributed by atoms with Crippen LogP contribution in [0.3, 0.4) is 0 Å². The number of aromatic nitrogens is 2. The van der Waals surface area contributed by atoms with Crippen molar-refractivity contribution in [2.24, 2.45) is 0 Å². The van der Waals surface area contributed by atoms with Crippen molar-refractivity contribution in [3.05, 3.63) is 33.6 Å². The molecule has 5 heteroatoms. The van der Waals surface area contributed by atoms with Crippen molar-refractivity contribution in [2.75, 3.05) is 0 Å². The highest BCUT2D eigenvalue weighted by Gasteiger charge is 2.05. The van der Waals surface area contributed by atoms with E-state index in [1.807, 2.05) is 6.07 Å². The highest BCUT2D eigenvalue weighted by Crippen LogP contribution is 2.21. The number of hydrogen-bond acceptors (Lipinski definition) is 2. The SMILES string of the molecule is N#Cc1cn2cc(Br)cc(Cl)c2n1. The Balaban J connectivity index is 2.84. The molecule has 2 rings (SSSR count). The van der Waals surface area contributed by atoms with E-state index in [-0.39, 0.29) is 0 Å². The second-order valence-electron chi connectivity index (χ2n) is 2.48. The molecule has 2 heterocycles. The zero-order chi connectivity index (χ0) is 9.42. The van der Waals surface area contributed by atoms with Crippen molar-refractivity contribution in [1.82, 2.24) is 9.38 Å². The Hall–Kier alpha value is -1.05. The van der Waals surface area contributed by atoms with Gasteiger partial charge in [0.1, 0.15) is 6.07 Å². The van der Waals surface area contributed by atoms with Crippen LogP contribution in [-0.2, 0) is 0 Å². The van der Waals surface area contributed by atoms with Gasteiger partial charge in [0.2, 0.25) is 0 Å². The number of imidazole rings is 1. The normalized spacial score (nSPS) is 10.2. The molecule has 0 radical (unpaired) electrons. The fourth-order valence-electron chi connectivity index (χ4n) is 1.08. The van der Waals surface area contributed by atoms with Crippen LogP contribution in [0.15, 0.2) is 22.9 Å². The van der Waals surface area contributed by atoms with Gasteiger partial charge in [0.05, 0.1) is 5.02 Å². The van der Waals surface area contributed by atoms with Crippen molar-refractivity contribution in [2.45, 2.75) is 0 Å². The van der Waals surface area contributed by atoms with Gasteiger partial charge >= 0.3 is 0 Å². The quantitative estimate of drug-likeness (QED) is 0.727. The molecule has 0 aliphatic rings. The zero-order valence-corrected chi connectivity index (χ0v) is 8.67. The number of hydrogen-bond donors (Lipinski definition) is 0. The third-order valence-electron chi connectivity index (χ3n) is 1.59. The summed E-state index contributed by atoms with van der Waals surface area (Å²) in [6.07, 6.45) is 3.43. The fourth-order valence-corrected chi connectivity index (χ4v) is 1.92. The molecule has 2 aromatic rings. The molecule has 0 fully saturated rings. The monoisotopic (exact) mass is 255 g/mol. The van der Waals surface area contributed by atoms with Crippen molar-refractivity contribution >= 4 is 33.2 Å². The summed E-state index contributed by atoms with van der Waals surface area (Å²) in [5.41, 5.74) is 0.960. The van der Waals surface area contributed by atoms with Gasteiger partial charge in [-0.1, -0.05) is 11.6 Å². The minimum atomic E-state index is 0.361. The molecule has 0 spiro atoms. The number of fused-ring (bicyclic) bond motifs is 1. The van der Waals surface area contributed by atoms with Gasteiger partial charge in [-0.05, 0) is 22.0 Å². The Morgan fingerprint density at radius 1 is 1.54 bits per heavy atom. The van der Waals surface area contributed by atoms with Crippen molar-refractivity contribution in [3.63, 3.8) is 0 Å². The van der Waals surface area contributed by atoms with Gasteiger partial charge in [-0.3, -0.25) is 0 Å². The largest absolute Gasteiger partial charge is 0.303 e. The van der Waals surface area contributed by atoms with Gasteiger partial charge in [-0.25, -0.2) is 4.98 Å². The van der Waals surface area contributed by atoms with Gasteiger partial charge in [-0.2, -0.15) is 5.26 Å². The van der Waals surface area contributed by atoms with Crippen LogP contribution in [0.4, 0.5) is 0 Å². The lowest BCUT2D eigenvalue weighted by molar-refractivity contribution is 1.17. The lowest BCUT2D eigenvalue weighted by Crippen LogP contribution is -1.83. The van der Waals surface area contributed by atoms with Gasteiger partial charge in [0.15, 0.2) is 11.3 Å². The second-order valence-corrected chi connectivity index (χ2v) is 3.80. The minimum Gasteiger partial charge on any atom is -0.303 e. The first-order valence-electron chi connectivity index (χ1n) is 3.44. The molecule has 0 saturated heterocycles. The minimum absolute atomic E-state index is 0.361. The summed E-state index contributed by atoms with van der Waals surface area (Å²) in [6.45, 7) is 0. The van der Waals surface area contributed by atoms with E-state index in [2.05, 4.69) is 20.9 Å². The average molecular weight is 256 g/mol. The zero-order valence-electron chi connectivity index (χ0n) is 6.33. The summed E-state index contributed by atoms with van der Waals surface area (Å²) in [5.74, 6) is 0. The Bertz CT molecular complexity index is 512. The molecule has 0 atom stereocenters. The van der Waals surface area contributed by atoms with E-state index in [0.717, 1.165) is 4.47 Å². The van der Waals surface area contributed by atoms with Crippen LogP contribution in [0.5, 0.6) is 0 Å². The molecule has 0 saturated carbocycles. The third kappa shape index (κ3) is 1.41. The maximum Gasteiger partial charge on any atom is 0.159 e. The van der Waals surface area contributed by atoms with Crippen LogP contribution in [-0.4, -0.2) is 9.38 Å². The average Bonchev–Trinajstić information content (AvgIpc) is 2.47. The molecular formula is C8H3BrClN3. The highest BCUT2D eigenvalue weighted by atomic mass is 79.9. The number of halogens is 2. The summed E-state index contributed by atoms with van der Waals surface area (Å²) < 4.78 is 2.57. The van der Waals surface area contributed by atoms with Crippen LogP contribution in [0.25, 0.3) is 5.65 Å². The van der Waals surface area contributed by atoms with Crippen LogP contribution in [0.2, 0.25) is 5.02 Å². The third-order valence-corrected chi connectivity index (χ3v) is 2.30. The van der Waals surface area contributed by atoms with Gasteiger partial charge in [-0.15, -0.1) is 0 Å². The highest BCUT2D eigenvalue weighted by molar-refractivity contribution is 9.10. The first kappa shape index (κ1) is 8.54. The number of nitriles is 1. The Kier molecular flexibility index (Phi) is 1.98. The number of rotatable bonds is 0. The maximum absolute atomic E-state index is 8.62. The molecule has 0 N–H and O–H groups in total. The molecule has 0 amide bonds. The first-order chi connectivity index (χ1) is 6.20. The van der Waals surface area contributed by atoms with Crippen LogP contribution in [0.1, 0.15) is 5.69 Å². The van der Waals surface area contributed by atoms with E-state index in [9.17, 15) is 0 Å². The molecule has 0 aliphatic carbocycles. The van der Waals surface area contributed by atoms with E-state index < -0.39 is 0 Å². The second kappa shape index (κ2) is 3.02. The van der Waals surface area contributed by atoms with E-state index in [4.69, 9.17) is 16.9 Å². The van der Waals surface area contributed by atoms with E-state index in [1.165, 1.54) is 0 Å². The topological polar surface area (TPSA) is 41.1 Å². The predicted octanol–water partition coefficient (Wildman–Crippen LogP) is 2.62. The molecule has 0 aromatic carbocycles. The predicted molar refractivity (Wildman–Crippen MR) is 52.6 cm³/mol. The van der Waals surface area contributed by atoms with Gasteiger partial charge in [0.25, 0.3) is 0 Å².